The molecule has 0 aliphatic heterocycles. The number of hydrogen-bond donors (Lipinski definition) is 1. The van der Waals surface area contributed by atoms with Gasteiger partial charge in [0.1, 0.15) is 0 Å². The second-order valence-electron chi connectivity index (χ2n) is 1.35. The molecule has 0 radical (unpaired) electrons. The molecule has 5 nitrogen and oxygen atoms in total. The van der Waals surface area contributed by atoms with Crippen LogP contribution in [0.15, 0.2) is 5.29 Å². The number of nitroso groups, excluding NO2 is 1. The van der Waals surface area contributed by atoms with E-state index >= 15 is 0 Å². The van der Waals surface area contributed by atoms with Crippen molar-refractivity contribution in [1.29, 1.82) is 0 Å². The second-order valence-corrected chi connectivity index (χ2v) is 1.35. The molecule has 0 saturated carbocycles. The van der Waals surface area contributed by atoms with Gasteiger partial charge in [-0.05, 0) is 0 Å². The van der Waals surface area contributed by atoms with Crippen molar-refractivity contribution in [3.8, 4) is 0 Å². The molecular formula is C4H8N2O3. The number of rotatable bonds is 4. The van der Waals surface area contributed by atoms with E-state index in [0.717, 1.165) is 0 Å². The van der Waals surface area contributed by atoms with E-state index in [1.165, 1.54) is 0 Å². The predicted molar refractivity (Wildman–Crippen MR) is 30.7 cm³/mol. The first-order valence-corrected chi connectivity index (χ1v) is 2.20. The SMILES string of the molecule is [2H]C([2H])([2H])N(CCC(=O)O)N=O. The van der Waals surface area contributed by atoms with Crippen molar-refractivity contribution in [2.24, 2.45) is 5.29 Å². The summed E-state index contributed by atoms with van der Waals surface area (Å²) in [4.78, 5) is 19.9. The van der Waals surface area contributed by atoms with E-state index in [2.05, 4.69) is 5.29 Å². The van der Waals surface area contributed by atoms with Crippen molar-refractivity contribution < 1.29 is 14.0 Å². The fraction of sp³-hybridized carbons (Fsp3) is 0.750. The van der Waals surface area contributed by atoms with E-state index in [-0.39, 0.29) is 5.01 Å². The summed E-state index contributed by atoms with van der Waals surface area (Å²) in [7, 11) is 0. The van der Waals surface area contributed by atoms with Crippen LogP contribution in [0.2, 0.25) is 0 Å². The zero-order valence-electron chi connectivity index (χ0n) is 7.57. The summed E-state index contributed by atoms with van der Waals surface area (Å²) in [6.07, 6.45) is -0.426. The summed E-state index contributed by atoms with van der Waals surface area (Å²) >= 11 is 0. The highest BCUT2D eigenvalue weighted by molar-refractivity contribution is 5.66. The van der Waals surface area contributed by atoms with Crippen molar-refractivity contribution in [3.05, 3.63) is 4.91 Å². The highest BCUT2D eigenvalue weighted by Gasteiger charge is 1.98. The molecule has 0 aromatic heterocycles. The quantitative estimate of drug-likeness (QED) is 0.437. The van der Waals surface area contributed by atoms with Crippen LogP contribution in [0.25, 0.3) is 0 Å². The second kappa shape index (κ2) is 3.82. The van der Waals surface area contributed by atoms with Crippen LogP contribution in [-0.4, -0.2) is 29.6 Å². The number of aliphatic carboxylic acids is 1. The lowest BCUT2D eigenvalue weighted by Gasteiger charge is -2.03. The Hall–Kier alpha value is -1.13. The van der Waals surface area contributed by atoms with E-state index in [9.17, 15) is 9.70 Å². The molecule has 0 rings (SSSR count). The van der Waals surface area contributed by atoms with Crippen LogP contribution in [0.4, 0.5) is 0 Å². The lowest BCUT2D eigenvalue weighted by Crippen LogP contribution is -2.14. The van der Waals surface area contributed by atoms with Crippen molar-refractivity contribution in [1.82, 2.24) is 5.01 Å². The molecule has 9 heavy (non-hydrogen) atoms. The number of carboxylic acid groups (broad SMARTS) is 1. The Balaban J connectivity index is 4.01. The molecule has 0 saturated heterocycles. The van der Waals surface area contributed by atoms with Gasteiger partial charge in [-0.3, -0.25) is 9.80 Å². The Kier molecular flexibility index (Phi) is 1.62. The van der Waals surface area contributed by atoms with Gasteiger partial charge in [-0.15, -0.1) is 4.91 Å². The van der Waals surface area contributed by atoms with Gasteiger partial charge in [0.05, 0.1) is 11.7 Å². The first-order chi connectivity index (χ1) is 5.38. The van der Waals surface area contributed by atoms with Crippen LogP contribution in [-0.2, 0) is 4.79 Å². The number of carboxylic acids is 1. The van der Waals surface area contributed by atoms with Crippen molar-refractivity contribution in [2.45, 2.75) is 6.42 Å². The van der Waals surface area contributed by atoms with Gasteiger partial charge >= 0.3 is 5.97 Å². The van der Waals surface area contributed by atoms with E-state index in [1.807, 2.05) is 0 Å². The Bertz CT molecular complexity index is 181. The molecular weight excluding hydrogens is 124 g/mol. The Morgan fingerprint density at radius 2 is 2.67 bits per heavy atom. The molecule has 0 fully saturated rings. The van der Waals surface area contributed by atoms with Crippen LogP contribution in [0, 0.1) is 4.91 Å². The van der Waals surface area contributed by atoms with E-state index < -0.39 is 25.9 Å². The van der Waals surface area contributed by atoms with Gasteiger partial charge in [0.2, 0.25) is 0 Å². The number of hydrogen-bond acceptors (Lipinski definition) is 3. The van der Waals surface area contributed by atoms with E-state index in [0.29, 0.717) is 0 Å². The molecule has 0 atom stereocenters. The minimum Gasteiger partial charge on any atom is -0.481 e. The molecule has 1 N–H and O–H groups in total. The van der Waals surface area contributed by atoms with Crippen molar-refractivity contribution in [2.75, 3.05) is 13.5 Å². The fourth-order valence-corrected chi connectivity index (χ4v) is 0.242. The highest BCUT2D eigenvalue weighted by atomic mass is 16.4. The molecule has 52 valence electrons. The standard InChI is InChI=1S/C4H8N2O3/c1-6(5-9)3-2-4(7)8/h2-3H2,1H3,(H,7,8)/i1D3. The first kappa shape index (κ1) is 3.81. The Morgan fingerprint density at radius 1 is 2.00 bits per heavy atom. The van der Waals surface area contributed by atoms with Crippen LogP contribution in [0.3, 0.4) is 0 Å². The summed E-state index contributed by atoms with van der Waals surface area (Å²) < 4.78 is 20.1. The summed E-state index contributed by atoms with van der Waals surface area (Å²) in [5.74, 6) is -1.17. The zero-order valence-corrected chi connectivity index (χ0v) is 4.57. The van der Waals surface area contributed by atoms with Gasteiger partial charge in [-0.1, -0.05) is 0 Å². The van der Waals surface area contributed by atoms with Gasteiger partial charge < -0.3 is 5.11 Å². The number of nitrogens with zero attached hydrogens (tertiary/aromatic N) is 2. The van der Waals surface area contributed by atoms with E-state index in [4.69, 9.17) is 9.22 Å². The third-order valence-electron chi connectivity index (χ3n) is 0.636. The summed E-state index contributed by atoms with van der Waals surface area (Å²) in [5, 5.41) is 10.6. The summed E-state index contributed by atoms with van der Waals surface area (Å²) in [6, 6.07) is 0. The monoisotopic (exact) mass is 135 g/mol. The first-order valence-electron chi connectivity index (χ1n) is 3.70. The maximum Gasteiger partial charge on any atom is 0.305 e. The van der Waals surface area contributed by atoms with Crippen molar-refractivity contribution >= 4 is 5.97 Å². The minimum atomic E-state index is -2.66. The average molecular weight is 135 g/mol. The van der Waals surface area contributed by atoms with Crippen LogP contribution < -0.4 is 0 Å². The Morgan fingerprint density at radius 3 is 3.00 bits per heavy atom. The smallest absolute Gasteiger partial charge is 0.305 e. The summed E-state index contributed by atoms with van der Waals surface area (Å²) in [5.41, 5.74) is 0. The van der Waals surface area contributed by atoms with Crippen LogP contribution in [0.5, 0.6) is 0 Å². The molecule has 0 aliphatic rings. The topological polar surface area (TPSA) is 70.0 Å². The third kappa shape index (κ3) is 4.73. The molecule has 0 aromatic carbocycles. The predicted octanol–water partition coefficient (Wildman–Crippen LogP) is 0.0743. The Labute approximate surface area is 56.4 Å². The number of carbonyl (C=O) groups is 1. The molecule has 0 aliphatic carbocycles. The van der Waals surface area contributed by atoms with Gasteiger partial charge in [-0.2, -0.15) is 0 Å². The van der Waals surface area contributed by atoms with Crippen molar-refractivity contribution in [3.63, 3.8) is 0 Å². The average Bonchev–Trinajstić information content (AvgIpc) is 1.85. The van der Waals surface area contributed by atoms with E-state index in [1.54, 1.807) is 0 Å². The maximum absolute atomic E-state index is 9.99. The lowest BCUT2D eigenvalue weighted by atomic mass is 10.4. The molecule has 5 heteroatoms. The molecule has 0 unspecified atom stereocenters. The molecule has 0 heterocycles. The zero-order chi connectivity index (χ0) is 9.78. The minimum absolute atomic E-state index is 0.223. The largest absolute Gasteiger partial charge is 0.481 e. The summed E-state index contributed by atoms with van der Waals surface area (Å²) in [6.45, 7) is -3.06. The normalized spacial score (nSPS) is 14.9. The van der Waals surface area contributed by atoms with Gasteiger partial charge in [0.25, 0.3) is 0 Å². The van der Waals surface area contributed by atoms with Gasteiger partial charge in [0, 0.05) is 17.6 Å². The highest BCUT2D eigenvalue weighted by Crippen LogP contribution is 1.85. The fourth-order valence-electron chi connectivity index (χ4n) is 0.242. The maximum atomic E-state index is 9.99. The molecule has 0 bridgehead atoms. The van der Waals surface area contributed by atoms with Crippen LogP contribution in [0.1, 0.15) is 10.5 Å². The lowest BCUT2D eigenvalue weighted by molar-refractivity contribution is -0.137. The molecule has 0 spiro atoms. The third-order valence-corrected chi connectivity index (χ3v) is 0.636. The van der Waals surface area contributed by atoms with Crippen LogP contribution >= 0.6 is 0 Å². The van der Waals surface area contributed by atoms with Gasteiger partial charge in [0.15, 0.2) is 0 Å². The van der Waals surface area contributed by atoms with Gasteiger partial charge in [-0.25, -0.2) is 0 Å². The molecule has 0 amide bonds. The molecule has 0 aromatic rings.